The molecule has 0 N–H and O–H groups in total. The summed E-state index contributed by atoms with van der Waals surface area (Å²) in [5.74, 6) is 0.202. The van der Waals surface area contributed by atoms with Crippen LogP contribution < -0.4 is 0 Å². The third-order valence-electron chi connectivity index (χ3n) is 1.80. The van der Waals surface area contributed by atoms with Gasteiger partial charge in [0.25, 0.3) is 0 Å². The molecule has 0 atom stereocenters. The van der Waals surface area contributed by atoms with Gasteiger partial charge in [-0.15, -0.1) is 11.6 Å². The normalized spacial score (nSPS) is 9.21. The molecule has 0 fully saturated rings. The average molecular weight is 218 g/mol. The van der Waals surface area contributed by atoms with Crippen LogP contribution >= 0.6 is 11.6 Å². The van der Waals surface area contributed by atoms with Gasteiger partial charge in [0.2, 0.25) is 5.95 Å². The summed E-state index contributed by atoms with van der Waals surface area (Å²) in [5.41, 5.74) is 1.64. The zero-order chi connectivity index (χ0) is 11.0. The molecular weight excluding hydrogens is 201 g/mol. The van der Waals surface area contributed by atoms with E-state index in [-0.39, 0.29) is 5.95 Å². The monoisotopic (exact) mass is 217 g/mol. The predicted molar refractivity (Wildman–Crippen MR) is 59.3 cm³/mol. The van der Waals surface area contributed by atoms with Crippen LogP contribution in [0.25, 0.3) is 0 Å². The largest absolute Gasteiger partial charge is 0.228 e. The number of hydrogen-bond acceptors (Lipinski definition) is 1. The number of hydrogen-bond donors (Lipinski definition) is 0. The number of halogens is 2. The second kappa shape index (κ2) is 7.74. The van der Waals surface area contributed by atoms with Crippen LogP contribution in [0, 0.1) is 12.9 Å². The average Bonchev–Trinajstić information content (AvgIpc) is 2.20. The summed E-state index contributed by atoms with van der Waals surface area (Å²) in [6, 6.07) is 1.81. The highest BCUT2D eigenvalue weighted by Gasteiger charge is 2.04. The van der Waals surface area contributed by atoms with Gasteiger partial charge in [-0.3, -0.25) is 0 Å². The Morgan fingerprint density at radius 2 is 2.07 bits per heavy atom. The van der Waals surface area contributed by atoms with Gasteiger partial charge in [-0.25, -0.2) is 4.98 Å². The first-order valence-electron chi connectivity index (χ1n) is 4.91. The Bertz CT molecular complexity index is 243. The number of nitrogens with zero attached hydrogens (tertiary/aromatic N) is 1. The molecule has 0 bridgehead atoms. The second-order valence-corrected chi connectivity index (χ2v) is 3.07. The van der Waals surface area contributed by atoms with Crippen molar-refractivity contribution >= 4 is 11.6 Å². The summed E-state index contributed by atoms with van der Waals surface area (Å²) < 4.78 is 13.0. The topological polar surface area (TPSA) is 12.9 Å². The lowest BCUT2D eigenvalue weighted by Gasteiger charge is -2.03. The molecule has 1 rings (SSSR count). The number of pyridine rings is 1. The molecule has 0 spiro atoms. The summed E-state index contributed by atoms with van der Waals surface area (Å²) in [6.07, 6.45) is 2.95. The van der Waals surface area contributed by atoms with Crippen LogP contribution in [0.15, 0.2) is 12.3 Å². The summed E-state index contributed by atoms with van der Waals surface area (Å²) in [6.45, 7) is 5.88. The summed E-state index contributed by atoms with van der Waals surface area (Å²) in [7, 11) is 0. The molecule has 0 saturated heterocycles. The minimum Gasteiger partial charge on any atom is -0.228 e. The Kier molecular flexibility index (Phi) is 7.40. The molecule has 0 aliphatic heterocycles. The molecule has 1 aromatic rings. The van der Waals surface area contributed by atoms with Crippen molar-refractivity contribution in [1.29, 1.82) is 0 Å². The van der Waals surface area contributed by atoms with Gasteiger partial charge in [0, 0.05) is 17.6 Å². The first kappa shape index (κ1) is 13.4. The van der Waals surface area contributed by atoms with Gasteiger partial charge in [-0.2, -0.15) is 4.39 Å². The van der Waals surface area contributed by atoms with Gasteiger partial charge in [0.05, 0.1) is 0 Å². The maximum Gasteiger partial charge on any atom is 0.216 e. The van der Waals surface area contributed by atoms with Crippen LogP contribution in [0.1, 0.15) is 31.4 Å². The molecule has 0 amide bonds. The van der Waals surface area contributed by atoms with E-state index in [0.29, 0.717) is 17.9 Å². The number of aryl methyl sites for hydroxylation is 1. The number of aromatic nitrogens is 1. The molecule has 0 radical (unpaired) electrons. The predicted octanol–water partition coefficient (Wildman–Crippen LogP) is 3.73. The fraction of sp³-hybridized carbons (Fsp3) is 0.545. The molecule has 0 unspecified atom stereocenters. The van der Waals surface area contributed by atoms with E-state index >= 15 is 0 Å². The van der Waals surface area contributed by atoms with E-state index in [2.05, 4.69) is 4.98 Å². The maximum absolute atomic E-state index is 13.0. The van der Waals surface area contributed by atoms with E-state index in [4.69, 9.17) is 11.6 Å². The first-order chi connectivity index (χ1) is 6.75. The van der Waals surface area contributed by atoms with E-state index in [9.17, 15) is 4.39 Å². The lowest BCUT2D eigenvalue weighted by molar-refractivity contribution is 0.562. The van der Waals surface area contributed by atoms with Crippen LogP contribution in [0.4, 0.5) is 4.39 Å². The summed E-state index contributed by atoms with van der Waals surface area (Å²) >= 11 is 5.51. The van der Waals surface area contributed by atoms with Crippen molar-refractivity contribution in [2.75, 3.05) is 5.88 Å². The van der Waals surface area contributed by atoms with E-state index < -0.39 is 0 Å². The first-order valence-corrected chi connectivity index (χ1v) is 5.45. The Morgan fingerprint density at radius 3 is 2.57 bits per heavy atom. The van der Waals surface area contributed by atoms with Crippen molar-refractivity contribution in [3.63, 3.8) is 0 Å². The van der Waals surface area contributed by atoms with Gasteiger partial charge < -0.3 is 0 Å². The Labute approximate surface area is 90.3 Å². The molecular formula is C11H17ClFN. The van der Waals surface area contributed by atoms with Gasteiger partial charge in [0.1, 0.15) is 0 Å². The lowest BCUT2D eigenvalue weighted by Crippen LogP contribution is -1.97. The van der Waals surface area contributed by atoms with E-state index in [1.54, 1.807) is 0 Å². The van der Waals surface area contributed by atoms with Crippen LogP contribution in [-0.4, -0.2) is 10.9 Å². The van der Waals surface area contributed by atoms with Crippen molar-refractivity contribution in [3.05, 3.63) is 29.3 Å². The smallest absolute Gasteiger partial charge is 0.216 e. The molecule has 0 aromatic carbocycles. The van der Waals surface area contributed by atoms with Gasteiger partial charge in [0.15, 0.2) is 0 Å². The second-order valence-electron chi connectivity index (χ2n) is 2.69. The Morgan fingerprint density at radius 1 is 1.43 bits per heavy atom. The Balaban J connectivity index is 0.000000791. The molecule has 80 valence electrons. The standard InChI is InChI=1S/C9H11ClFN.C2H6/c1-7-4-6-12-9(11)8(7)3-2-5-10;1-2/h4,6H,2-3,5H2,1H3;1-2H3. The van der Waals surface area contributed by atoms with Crippen molar-refractivity contribution in [2.24, 2.45) is 0 Å². The summed E-state index contributed by atoms with van der Waals surface area (Å²) in [4.78, 5) is 3.58. The fourth-order valence-corrected chi connectivity index (χ4v) is 1.23. The molecule has 1 heterocycles. The quantitative estimate of drug-likeness (QED) is 0.556. The van der Waals surface area contributed by atoms with Gasteiger partial charge >= 0.3 is 0 Å². The zero-order valence-electron chi connectivity index (χ0n) is 8.98. The van der Waals surface area contributed by atoms with Crippen LogP contribution in [0.5, 0.6) is 0 Å². The minimum absolute atomic E-state index is 0.361. The third kappa shape index (κ3) is 4.05. The fourth-order valence-electron chi connectivity index (χ4n) is 1.10. The van der Waals surface area contributed by atoms with E-state index in [1.165, 1.54) is 6.20 Å². The lowest BCUT2D eigenvalue weighted by atomic mass is 10.1. The number of alkyl halides is 1. The third-order valence-corrected chi connectivity index (χ3v) is 2.07. The maximum atomic E-state index is 13.0. The highest BCUT2D eigenvalue weighted by atomic mass is 35.5. The van der Waals surface area contributed by atoms with E-state index in [1.807, 2.05) is 26.8 Å². The van der Waals surface area contributed by atoms with Crippen molar-refractivity contribution in [3.8, 4) is 0 Å². The summed E-state index contributed by atoms with van der Waals surface area (Å²) in [5, 5.41) is 0. The van der Waals surface area contributed by atoms with Crippen molar-refractivity contribution in [2.45, 2.75) is 33.6 Å². The highest BCUT2D eigenvalue weighted by Crippen LogP contribution is 2.12. The zero-order valence-corrected chi connectivity index (χ0v) is 9.74. The van der Waals surface area contributed by atoms with E-state index in [0.717, 1.165) is 12.0 Å². The minimum atomic E-state index is -0.361. The van der Waals surface area contributed by atoms with Gasteiger partial charge in [-0.1, -0.05) is 13.8 Å². The van der Waals surface area contributed by atoms with Crippen molar-refractivity contribution in [1.82, 2.24) is 4.98 Å². The van der Waals surface area contributed by atoms with Gasteiger partial charge in [-0.05, 0) is 31.4 Å². The van der Waals surface area contributed by atoms with Crippen LogP contribution in [0.2, 0.25) is 0 Å². The van der Waals surface area contributed by atoms with Crippen LogP contribution in [-0.2, 0) is 6.42 Å². The molecule has 0 aliphatic carbocycles. The van der Waals surface area contributed by atoms with Crippen LogP contribution in [0.3, 0.4) is 0 Å². The molecule has 1 aromatic heterocycles. The molecule has 1 nitrogen and oxygen atoms in total. The molecule has 14 heavy (non-hydrogen) atoms. The molecule has 0 aliphatic rings. The highest BCUT2D eigenvalue weighted by molar-refractivity contribution is 6.17. The molecule has 0 saturated carbocycles. The SMILES string of the molecule is CC.Cc1ccnc(F)c1CCCCl. The number of rotatable bonds is 3. The molecule has 3 heteroatoms. The van der Waals surface area contributed by atoms with Crippen molar-refractivity contribution < 1.29 is 4.39 Å². The Hall–Kier alpha value is -0.630.